The number of hydrogen-bond donors (Lipinski definition) is 1. The molecule has 0 saturated carbocycles. The van der Waals surface area contributed by atoms with Crippen LogP contribution in [-0.2, 0) is 6.61 Å². The van der Waals surface area contributed by atoms with E-state index in [0.717, 1.165) is 28.2 Å². The normalized spacial score (nSPS) is 12.0. The number of ether oxygens (including phenoxy) is 2. The monoisotopic (exact) mass is 271 g/mol. The second kappa shape index (κ2) is 6.44. The van der Waals surface area contributed by atoms with E-state index in [2.05, 4.69) is 0 Å². The zero-order valence-corrected chi connectivity index (χ0v) is 12.2. The summed E-state index contributed by atoms with van der Waals surface area (Å²) in [7, 11) is 1.66. The van der Waals surface area contributed by atoms with Gasteiger partial charge in [0.15, 0.2) is 0 Å². The number of para-hydroxylation sites is 1. The summed E-state index contributed by atoms with van der Waals surface area (Å²) in [5, 5.41) is 0. The van der Waals surface area contributed by atoms with Crippen molar-refractivity contribution in [2.45, 2.75) is 26.5 Å². The summed E-state index contributed by atoms with van der Waals surface area (Å²) in [6.07, 6.45) is 0. The van der Waals surface area contributed by atoms with Gasteiger partial charge in [0.2, 0.25) is 0 Å². The van der Waals surface area contributed by atoms with Crippen LogP contribution >= 0.6 is 0 Å². The molecule has 1 atom stereocenters. The van der Waals surface area contributed by atoms with E-state index in [1.54, 1.807) is 7.11 Å². The number of aryl methyl sites for hydroxylation is 1. The van der Waals surface area contributed by atoms with Crippen LogP contribution in [0.2, 0.25) is 0 Å². The lowest BCUT2D eigenvalue weighted by Gasteiger charge is -2.16. The van der Waals surface area contributed by atoms with Crippen LogP contribution in [0.3, 0.4) is 0 Å². The second-order valence-corrected chi connectivity index (χ2v) is 4.92. The number of methoxy groups -OCH3 is 1. The standard InChI is InChI=1S/C17H21NO2/c1-12-5-4-6-16(13(2)18)17(12)20-11-14-7-9-15(19-3)10-8-14/h4-10,13H,11,18H2,1-3H3. The lowest BCUT2D eigenvalue weighted by Crippen LogP contribution is -2.09. The zero-order valence-electron chi connectivity index (χ0n) is 12.2. The number of hydrogen-bond acceptors (Lipinski definition) is 3. The van der Waals surface area contributed by atoms with E-state index >= 15 is 0 Å². The smallest absolute Gasteiger partial charge is 0.127 e. The van der Waals surface area contributed by atoms with Crippen molar-refractivity contribution < 1.29 is 9.47 Å². The van der Waals surface area contributed by atoms with Crippen LogP contribution in [0.4, 0.5) is 0 Å². The van der Waals surface area contributed by atoms with Crippen LogP contribution in [0, 0.1) is 6.92 Å². The number of rotatable bonds is 5. The van der Waals surface area contributed by atoms with E-state index < -0.39 is 0 Å². The van der Waals surface area contributed by atoms with Crippen molar-refractivity contribution in [1.29, 1.82) is 0 Å². The van der Waals surface area contributed by atoms with Gasteiger partial charge >= 0.3 is 0 Å². The maximum atomic E-state index is 5.99. The first-order valence-corrected chi connectivity index (χ1v) is 6.72. The molecule has 0 saturated heterocycles. The molecule has 0 aromatic heterocycles. The van der Waals surface area contributed by atoms with E-state index in [-0.39, 0.29) is 6.04 Å². The summed E-state index contributed by atoms with van der Waals surface area (Å²) >= 11 is 0. The maximum Gasteiger partial charge on any atom is 0.127 e. The summed E-state index contributed by atoms with van der Waals surface area (Å²) in [6.45, 7) is 4.53. The third-order valence-corrected chi connectivity index (χ3v) is 3.28. The van der Waals surface area contributed by atoms with Gasteiger partial charge in [0, 0.05) is 11.6 Å². The van der Waals surface area contributed by atoms with Gasteiger partial charge in [-0.25, -0.2) is 0 Å². The molecule has 0 amide bonds. The molecule has 0 heterocycles. The van der Waals surface area contributed by atoms with E-state index in [4.69, 9.17) is 15.2 Å². The van der Waals surface area contributed by atoms with Crippen LogP contribution in [-0.4, -0.2) is 7.11 Å². The Labute approximate surface area is 120 Å². The molecule has 2 aromatic rings. The maximum absolute atomic E-state index is 5.99. The summed E-state index contributed by atoms with van der Waals surface area (Å²) < 4.78 is 11.1. The van der Waals surface area contributed by atoms with E-state index in [1.807, 2.05) is 56.3 Å². The number of benzene rings is 2. The lowest BCUT2D eigenvalue weighted by molar-refractivity contribution is 0.299. The van der Waals surface area contributed by atoms with E-state index in [1.165, 1.54) is 0 Å². The predicted octanol–water partition coefficient (Wildman–Crippen LogP) is 3.60. The van der Waals surface area contributed by atoms with E-state index in [0.29, 0.717) is 6.61 Å². The highest BCUT2D eigenvalue weighted by molar-refractivity contribution is 5.42. The fourth-order valence-electron chi connectivity index (χ4n) is 2.11. The molecule has 0 spiro atoms. The molecular formula is C17H21NO2. The molecule has 3 heteroatoms. The highest BCUT2D eigenvalue weighted by Gasteiger charge is 2.10. The van der Waals surface area contributed by atoms with Crippen LogP contribution < -0.4 is 15.2 Å². The Kier molecular flexibility index (Phi) is 4.64. The third-order valence-electron chi connectivity index (χ3n) is 3.28. The van der Waals surface area contributed by atoms with Crippen LogP contribution in [0.1, 0.15) is 29.7 Å². The van der Waals surface area contributed by atoms with Crippen molar-refractivity contribution >= 4 is 0 Å². The van der Waals surface area contributed by atoms with Crippen molar-refractivity contribution in [2.75, 3.05) is 7.11 Å². The van der Waals surface area contributed by atoms with Gasteiger partial charge in [-0.05, 0) is 37.1 Å². The lowest BCUT2D eigenvalue weighted by atomic mass is 10.0. The molecule has 106 valence electrons. The minimum absolute atomic E-state index is 0.0410. The summed E-state index contributed by atoms with van der Waals surface area (Å²) in [5.74, 6) is 1.74. The van der Waals surface area contributed by atoms with E-state index in [9.17, 15) is 0 Å². The van der Waals surface area contributed by atoms with Crippen molar-refractivity contribution in [3.8, 4) is 11.5 Å². The first kappa shape index (κ1) is 14.4. The largest absolute Gasteiger partial charge is 0.497 e. The molecule has 2 rings (SSSR count). The Morgan fingerprint density at radius 2 is 1.80 bits per heavy atom. The Morgan fingerprint density at radius 3 is 2.40 bits per heavy atom. The molecule has 0 aliphatic rings. The second-order valence-electron chi connectivity index (χ2n) is 4.92. The quantitative estimate of drug-likeness (QED) is 0.903. The average molecular weight is 271 g/mol. The van der Waals surface area contributed by atoms with Gasteiger partial charge in [0.1, 0.15) is 18.1 Å². The van der Waals surface area contributed by atoms with Gasteiger partial charge in [0.25, 0.3) is 0 Å². The molecule has 20 heavy (non-hydrogen) atoms. The van der Waals surface area contributed by atoms with Gasteiger partial charge in [0.05, 0.1) is 7.11 Å². The summed E-state index contributed by atoms with van der Waals surface area (Å²) in [6, 6.07) is 13.9. The van der Waals surface area contributed by atoms with Gasteiger partial charge in [-0.3, -0.25) is 0 Å². The minimum atomic E-state index is -0.0410. The van der Waals surface area contributed by atoms with Crippen LogP contribution in [0.25, 0.3) is 0 Å². The Bertz CT molecular complexity index is 562. The first-order valence-electron chi connectivity index (χ1n) is 6.72. The molecule has 0 radical (unpaired) electrons. The predicted molar refractivity (Wildman–Crippen MR) is 81.1 cm³/mol. The van der Waals surface area contributed by atoms with Gasteiger partial charge in [-0.1, -0.05) is 30.3 Å². The third kappa shape index (κ3) is 3.31. The Hall–Kier alpha value is -2.00. The Balaban J connectivity index is 2.13. The van der Waals surface area contributed by atoms with Gasteiger partial charge in [-0.15, -0.1) is 0 Å². The van der Waals surface area contributed by atoms with Gasteiger partial charge in [-0.2, -0.15) is 0 Å². The molecule has 2 N–H and O–H groups in total. The molecule has 0 aliphatic carbocycles. The molecule has 0 fully saturated rings. The average Bonchev–Trinajstić information content (AvgIpc) is 2.46. The van der Waals surface area contributed by atoms with Crippen LogP contribution in [0.15, 0.2) is 42.5 Å². The highest BCUT2D eigenvalue weighted by atomic mass is 16.5. The summed E-state index contributed by atoms with van der Waals surface area (Å²) in [5.41, 5.74) is 9.24. The molecular weight excluding hydrogens is 250 g/mol. The molecule has 3 nitrogen and oxygen atoms in total. The van der Waals surface area contributed by atoms with Crippen molar-refractivity contribution in [3.63, 3.8) is 0 Å². The summed E-state index contributed by atoms with van der Waals surface area (Å²) in [4.78, 5) is 0. The highest BCUT2D eigenvalue weighted by Crippen LogP contribution is 2.28. The van der Waals surface area contributed by atoms with Crippen molar-refractivity contribution in [2.24, 2.45) is 5.73 Å². The molecule has 0 bridgehead atoms. The number of nitrogens with two attached hydrogens (primary N) is 1. The van der Waals surface area contributed by atoms with Gasteiger partial charge < -0.3 is 15.2 Å². The van der Waals surface area contributed by atoms with Crippen molar-refractivity contribution in [3.05, 3.63) is 59.2 Å². The Morgan fingerprint density at radius 1 is 1.10 bits per heavy atom. The molecule has 2 aromatic carbocycles. The minimum Gasteiger partial charge on any atom is -0.497 e. The SMILES string of the molecule is COc1ccc(COc2c(C)cccc2C(C)N)cc1. The topological polar surface area (TPSA) is 44.5 Å². The van der Waals surface area contributed by atoms with Crippen molar-refractivity contribution in [1.82, 2.24) is 0 Å². The fourth-order valence-corrected chi connectivity index (χ4v) is 2.11. The zero-order chi connectivity index (χ0) is 14.5. The van der Waals surface area contributed by atoms with Crippen LogP contribution in [0.5, 0.6) is 11.5 Å². The molecule has 1 unspecified atom stereocenters. The first-order chi connectivity index (χ1) is 9.61. The molecule has 0 aliphatic heterocycles. The fraction of sp³-hybridized carbons (Fsp3) is 0.294.